The number of carbonyl (C=O) groups excluding carboxylic acids is 1. The number of hydrogen-bond donors (Lipinski definition) is 2. The molecule has 20 heavy (non-hydrogen) atoms. The molecule has 1 heterocycles. The van der Waals surface area contributed by atoms with E-state index in [1.165, 1.54) is 11.3 Å². The van der Waals surface area contributed by atoms with E-state index in [4.69, 9.17) is 10.5 Å². The summed E-state index contributed by atoms with van der Waals surface area (Å²) in [7, 11) is 1.68. The van der Waals surface area contributed by atoms with E-state index in [0.717, 1.165) is 11.3 Å². The predicted octanol–water partition coefficient (Wildman–Crippen LogP) is 1.85. The lowest BCUT2D eigenvalue weighted by Crippen LogP contribution is -2.34. The lowest BCUT2D eigenvalue weighted by atomic mass is 9.90. The Balaban J connectivity index is 2.52. The quantitative estimate of drug-likeness (QED) is 0.787. The molecule has 1 aromatic rings. The zero-order valence-electron chi connectivity index (χ0n) is 12.3. The number of nitrogens with one attached hydrogen (secondary N) is 1. The van der Waals surface area contributed by atoms with Gasteiger partial charge in [-0.3, -0.25) is 4.79 Å². The third-order valence-corrected chi connectivity index (χ3v) is 3.85. The van der Waals surface area contributed by atoms with E-state index in [9.17, 15) is 4.79 Å². The van der Waals surface area contributed by atoms with Crippen LogP contribution in [0.1, 0.15) is 34.8 Å². The SMILES string of the molecule is COCCC(C)(C)CNC(=O)c1ccc(C#CCN)s1. The molecule has 0 saturated heterocycles. The molecular formula is C15H22N2O2S. The minimum atomic E-state index is -0.0544. The summed E-state index contributed by atoms with van der Waals surface area (Å²) >= 11 is 1.38. The van der Waals surface area contributed by atoms with Gasteiger partial charge in [-0.25, -0.2) is 0 Å². The van der Waals surface area contributed by atoms with Crippen molar-refractivity contribution in [3.8, 4) is 11.8 Å². The lowest BCUT2D eigenvalue weighted by molar-refractivity contribution is 0.0925. The van der Waals surface area contributed by atoms with Crippen molar-refractivity contribution in [1.29, 1.82) is 0 Å². The molecule has 0 radical (unpaired) electrons. The Morgan fingerprint density at radius 2 is 2.25 bits per heavy atom. The second-order valence-electron chi connectivity index (χ2n) is 5.26. The van der Waals surface area contributed by atoms with Crippen LogP contribution in [0.3, 0.4) is 0 Å². The molecule has 1 aromatic heterocycles. The van der Waals surface area contributed by atoms with Crippen LogP contribution in [0.25, 0.3) is 0 Å². The van der Waals surface area contributed by atoms with Gasteiger partial charge in [-0.15, -0.1) is 11.3 Å². The number of thiophene rings is 1. The van der Waals surface area contributed by atoms with Crippen molar-refractivity contribution in [2.24, 2.45) is 11.1 Å². The maximum absolute atomic E-state index is 12.0. The minimum absolute atomic E-state index is 0.0190. The van der Waals surface area contributed by atoms with Crippen LogP contribution in [0.15, 0.2) is 12.1 Å². The lowest BCUT2D eigenvalue weighted by Gasteiger charge is -2.24. The highest BCUT2D eigenvalue weighted by Crippen LogP contribution is 2.20. The standard InChI is InChI=1S/C15H22N2O2S/c1-15(2,8-10-19-3)11-17-14(18)13-7-6-12(20-13)5-4-9-16/h6-7H,8-11,16H2,1-3H3,(H,17,18). The van der Waals surface area contributed by atoms with Gasteiger partial charge in [-0.1, -0.05) is 25.7 Å². The molecule has 3 N–H and O–H groups in total. The first-order valence-electron chi connectivity index (χ1n) is 6.54. The summed E-state index contributed by atoms with van der Waals surface area (Å²) in [5.41, 5.74) is 5.34. The molecule has 0 spiro atoms. The van der Waals surface area contributed by atoms with Gasteiger partial charge in [0.15, 0.2) is 0 Å². The third-order valence-electron chi connectivity index (χ3n) is 2.85. The summed E-state index contributed by atoms with van der Waals surface area (Å²) in [6.45, 7) is 5.86. The summed E-state index contributed by atoms with van der Waals surface area (Å²) in [6, 6.07) is 3.64. The molecule has 0 unspecified atom stereocenters. The van der Waals surface area contributed by atoms with Gasteiger partial charge in [0, 0.05) is 20.3 Å². The molecule has 0 atom stereocenters. The molecule has 1 rings (SSSR count). The summed E-state index contributed by atoms with van der Waals surface area (Å²) in [6.07, 6.45) is 0.904. The fourth-order valence-corrected chi connectivity index (χ4v) is 2.34. The molecule has 0 aromatic carbocycles. The molecule has 0 aliphatic carbocycles. The number of nitrogens with two attached hydrogens (primary N) is 1. The number of methoxy groups -OCH3 is 1. The Morgan fingerprint density at radius 1 is 1.50 bits per heavy atom. The first-order valence-corrected chi connectivity index (χ1v) is 7.36. The summed E-state index contributed by atoms with van der Waals surface area (Å²) in [4.78, 5) is 13.6. The van der Waals surface area contributed by atoms with E-state index < -0.39 is 0 Å². The van der Waals surface area contributed by atoms with E-state index in [2.05, 4.69) is 31.0 Å². The molecule has 0 fully saturated rings. The number of rotatable bonds is 6. The molecule has 5 heteroatoms. The van der Waals surface area contributed by atoms with Crippen LogP contribution in [0.5, 0.6) is 0 Å². The molecule has 0 bridgehead atoms. The number of hydrogen-bond acceptors (Lipinski definition) is 4. The molecule has 4 nitrogen and oxygen atoms in total. The summed E-state index contributed by atoms with van der Waals surface area (Å²) < 4.78 is 5.07. The Labute approximate surface area is 124 Å². The van der Waals surface area contributed by atoms with Crippen LogP contribution in [-0.4, -0.2) is 32.7 Å². The van der Waals surface area contributed by atoms with E-state index >= 15 is 0 Å². The highest BCUT2D eigenvalue weighted by molar-refractivity contribution is 7.14. The third kappa shape index (κ3) is 5.74. The Kier molecular flexibility index (Phi) is 6.73. The van der Waals surface area contributed by atoms with E-state index in [-0.39, 0.29) is 11.3 Å². The van der Waals surface area contributed by atoms with Crippen molar-refractivity contribution in [1.82, 2.24) is 5.32 Å². The summed E-state index contributed by atoms with van der Waals surface area (Å²) in [5.74, 6) is 5.65. The number of amides is 1. The number of ether oxygens (including phenoxy) is 1. The molecule has 0 aliphatic heterocycles. The molecular weight excluding hydrogens is 272 g/mol. The van der Waals surface area contributed by atoms with Crippen LogP contribution in [0.2, 0.25) is 0 Å². The zero-order valence-corrected chi connectivity index (χ0v) is 13.1. The van der Waals surface area contributed by atoms with Crippen molar-refractivity contribution in [2.45, 2.75) is 20.3 Å². The molecule has 0 saturated carbocycles. The Hall–Kier alpha value is -1.35. The first kappa shape index (κ1) is 16.7. The van der Waals surface area contributed by atoms with Crippen molar-refractivity contribution in [2.75, 3.05) is 26.8 Å². The fourth-order valence-electron chi connectivity index (χ4n) is 1.54. The van der Waals surface area contributed by atoms with Gasteiger partial charge in [-0.05, 0) is 24.0 Å². The van der Waals surface area contributed by atoms with Gasteiger partial charge in [0.25, 0.3) is 5.91 Å². The van der Waals surface area contributed by atoms with Crippen LogP contribution < -0.4 is 11.1 Å². The van der Waals surface area contributed by atoms with Gasteiger partial charge >= 0.3 is 0 Å². The molecule has 1 amide bonds. The topological polar surface area (TPSA) is 64.3 Å². The van der Waals surface area contributed by atoms with Gasteiger partial charge in [0.1, 0.15) is 0 Å². The van der Waals surface area contributed by atoms with Crippen molar-refractivity contribution >= 4 is 17.2 Å². The second kappa shape index (κ2) is 8.05. The van der Waals surface area contributed by atoms with E-state index in [0.29, 0.717) is 24.6 Å². The first-order chi connectivity index (χ1) is 9.48. The smallest absolute Gasteiger partial charge is 0.261 e. The normalized spacial score (nSPS) is 10.8. The minimum Gasteiger partial charge on any atom is -0.385 e. The van der Waals surface area contributed by atoms with Crippen LogP contribution in [0.4, 0.5) is 0 Å². The Bertz CT molecular complexity index is 497. The maximum atomic E-state index is 12.0. The predicted molar refractivity (Wildman–Crippen MR) is 82.9 cm³/mol. The van der Waals surface area contributed by atoms with Gasteiger partial charge in [-0.2, -0.15) is 0 Å². The molecule has 0 aliphatic rings. The summed E-state index contributed by atoms with van der Waals surface area (Å²) in [5, 5.41) is 2.96. The monoisotopic (exact) mass is 294 g/mol. The van der Waals surface area contributed by atoms with Crippen molar-refractivity contribution in [3.05, 3.63) is 21.9 Å². The van der Waals surface area contributed by atoms with Gasteiger partial charge in [0.2, 0.25) is 0 Å². The van der Waals surface area contributed by atoms with Gasteiger partial charge in [0.05, 0.1) is 16.3 Å². The van der Waals surface area contributed by atoms with E-state index in [1.807, 2.05) is 6.07 Å². The Morgan fingerprint density at radius 3 is 2.90 bits per heavy atom. The zero-order chi connectivity index (χ0) is 15.0. The van der Waals surface area contributed by atoms with Crippen molar-refractivity contribution in [3.63, 3.8) is 0 Å². The van der Waals surface area contributed by atoms with Crippen LogP contribution in [-0.2, 0) is 4.74 Å². The second-order valence-corrected chi connectivity index (χ2v) is 6.34. The molecule has 110 valence electrons. The maximum Gasteiger partial charge on any atom is 0.261 e. The van der Waals surface area contributed by atoms with E-state index in [1.54, 1.807) is 13.2 Å². The average molecular weight is 294 g/mol. The van der Waals surface area contributed by atoms with Crippen LogP contribution in [0, 0.1) is 17.3 Å². The highest BCUT2D eigenvalue weighted by Gasteiger charge is 2.19. The average Bonchev–Trinajstić information content (AvgIpc) is 2.89. The number of carbonyl (C=O) groups is 1. The highest BCUT2D eigenvalue weighted by atomic mass is 32.1. The van der Waals surface area contributed by atoms with Crippen LogP contribution >= 0.6 is 11.3 Å². The van der Waals surface area contributed by atoms with Gasteiger partial charge < -0.3 is 15.8 Å². The fraction of sp³-hybridized carbons (Fsp3) is 0.533. The van der Waals surface area contributed by atoms with Crippen molar-refractivity contribution < 1.29 is 9.53 Å². The largest absolute Gasteiger partial charge is 0.385 e.